The van der Waals surface area contributed by atoms with Gasteiger partial charge in [0.05, 0.1) is 6.61 Å². The van der Waals surface area contributed by atoms with Gasteiger partial charge in [-0.05, 0) is 44.2 Å². The van der Waals surface area contributed by atoms with Gasteiger partial charge in [0.2, 0.25) is 5.91 Å². The number of aromatic nitrogens is 3. The summed E-state index contributed by atoms with van der Waals surface area (Å²) in [6.07, 6.45) is 9.09. The maximum atomic E-state index is 11.5. The van der Waals surface area contributed by atoms with Crippen LogP contribution < -0.4 is 16.2 Å². The Kier molecular flexibility index (Phi) is 5.88. The molecule has 158 valence electrons. The lowest BCUT2D eigenvalue weighted by atomic mass is 9.81. The van der Waals surface area contributed by atoms with E-state index in [2.05, 4.69) is 16.3 Å². The standard InChI is InChI=1S/C23H29N5O2/c1-2-3-13-30-18-6-4-5-17(14-18)19-20-21(24)26-11-12-28(20)23(27-19)16-9-7-15(8-10-16)22(25)29/h4-6,11-12,14-16H,2-3,7-10,13H2,1H3,(H2,24,26)(H2,25,29)/t15-,16-. The third-order valence-electron chi connectivity index (χ3n) is 5.98. The number of anilines is 1. The Hall–Kier alpha value is -3.09. The Morgan fingerprint density at radius 3 is 2.80 bits per heavy atom. The number of fused-ring (bicyclic) bond motifs is 1. The maximum absolute atomic E-state index is 11.5. The highest BCUT2D eigenvalue weighted by molar-refractivity contribution is 5.85. The molecular weight excluding hydrogens is 378 g/mol. The van der Waals surface area contributed by atoms with Crippen LogP contribution in [-0.4, -0.2) is 26.9 Å². The molecule has 30 heavy (non-hydrogen) atoms. The lowest BCUT2D eigenvalue weighted by molar-refractivity contribution is -0.122. The number of amides is 1. The number of rotatable bonds is 7. The topological polar surface area (TPSA) is 109 Å². The average molecular weight is 408 g/mol. The predicted molar refractivity (Wildman–Crippen MR) is 117 cm³/mol. The second-order valence-electron chi connectivity index (χ2n) is 8.03. The van der Waals surface area contributed by atoms with Crippen LogP contribution in [0.5, 0.6) is 5.75 Å². The van der Waals surface area contributed by atoms with Crippen LogP contribution in [0.4, 0.5) is 5.82 Å². The van der Waals surface area contributed by atoms with Gasteiger partial charge in [0.15, 0.2) is 0 Å². The van der Waals surface area contributed by atoms with Crippen molar-refractivity contribution < 1.29 is 9.53 Å². The Morgan fingerprint density at radius 2 is 2.07 bits per heavy atom. The van der Waals surface area contributed by atoms with Gasteiger partial charge in [-0.2, -0.15) is 0 Å². The van der Waals surface area contributed by atoms with Crippen molar-refractivity contribution >= 4 is 17.2 Å². The molecule has 7 heteroatoms. The van der Waals surface area contributed by atoms with E-state index in [9.17, 15) is 4.79 Å². The fourth-order valence-electron chi connectivity index (χ4n) is 4.28. The van der Waals surface area contributed by atoms with Gasteiger partial charge in [0, 0.05) is 29.8 Å². The van der Waals surface area contributed by atoms with Crippen molar-refractivity contribution in [2.24, 2.45) is 11.7 Å². The quantitative estimate of drug-likeness (QED) is 0.577. The van der Waals surface area contributed by atoms with Gasteiger partial charge < -0.3 is 16.2 Å². The number of unbranched alkanes of at least 4 members (excludes halogenated alkanes) is 1. The Morgan fingerprint density at radius 1 is 1.27 bits per heavy atom. The molecule has 0 saturated heterocycles. The second-order valence-corrected chi connectivity index (χ2v) is 8.03. The number of nitrogen functional groups attached to an aromatic ring is 1. The highest BCUT2D eigenvalue weighted by Gasteiger charge is 2.29. The van der Waals surface area contributed by atoms with Gasteiger partial charge >= 0.3 is 0 Å². The third kappa shape index (κ3) is 3.97. The van der Waals surface area contributed by atoms with Crippen LogP contribution in [0, 0.1) is 5.92 Å². The van der Waals surface area contributed by atoms with Crippen LogP contribution in [0.15, 0.2) is 36.7 Å². The highest BCUT2D eigenvalue weighted by Crippen LogP contribution is 2.38. The fraction of sp³-hybridized carbons (Fsp3) is 0.435. The Labute approximate surface area is 176 Å². The first-order valence-electron chi connectivity index (χ1n) is 10.7. The zero-order valence-corrected chi connectivity index (χ0v) is 17.4. The van der Waals surface area contributed by atoms with Crippen molar-refractivity contribution in [3.8, 4) is 17.0 Å². The molecule has 1 fully saturated rings. The summed E-state index contributed by atoms with van der Waals surface area (Å²) in [6, 6.07) is 7.98. The number of primary amides is 1. The van der Waals surface area contributed by atoms with E-state index in [-0.39, 0.29) is 17.7 Å². The van der Waals surface area contributed by atoms with E-state index in [0.29, 0.717) is 12.4 Å². The van der Waals surface area contributed by atoms with Crippen molar-refractivity contribution in [2.45, 2.75) is 51.4 Å². The van der Waals surface area contributed by atoms with E-state index >= 15 is 0 Å². The molecule has 0 atom stereocenters. The number of ether oxygens (including phenoxy) is 1. The smallest absolute Gasteiger partial charge is 0.220 e. The van der Waals surface area contributed by atoms with E-state index in [0.717, 1.165) is 66.9 Å². The summed E-state index contributed by atoms with van der Waals surface area (Å²) in [7, 11) is 0. The van der Waals surface area contributed by atoms with Gasteiger partial charge in [-0.3, -0.25) is 9.20 Å². The van der Waals surface area contributed by atoms with Gasteiger partial charge in [-0.1, -0.05) is 25.5 Å². The van der Waals surface area contributed by atoms with E-state index in [4.69, 9.17) is 21.2 Å². The molecule has 4 rings (SSSR count). The number of nitrogens with zero attached hydrogens (tertiary/aromatic N) is 3. The van der Waals surface area contributed by atoms with Gasteiger partial charge in [0.1, 0.15) is 28.6 Å². The molecule has 4 N–H and O–H groups in total. The lowest BCUT2D eigenvalue weighted by Crippen LogP contribution is -2.27. The number of nitrogens with two attached hydrogens (primary N) is 2. The largest absolute Gasteiger partial charge is 0.494 e. The molecule has 0 aliphatic heterocycles. The molecular formula is C23H29N5O2. The first-order valence-corrected chi connectivity index (χ1v) is 10.7. The SMILES string of the molecule is CCCCOc1cccc(-c2nc([C@H]3CC[C@H](C(N)=O)CC3)n3ccnc(N)c23)c1. The molecule has 0 unspecified atom stereocenters. The molecule has 2 heterocycles. The molecule has 2 aromatic heterocycles. The van der Waals surface area contributed by atoms with Crippen LogP contribution in [0.3, 0.4) is 0 Å². The molecule has 0 spiro atoms. The molecule has 1 aliphatic rings. The first kappa shape index (κ1) is 20.2. The summed E-state index contributed by atoms with van der Waals surface area (Å²) in [5.74, 6) is 2.27. The van der Waals surface area contributed by atoms with Crippen LogP contribution in [-0.2, 0) is 4.79 Å². The molecule has 0 radical (unpaired) electrons. The van der Waals surface area contributed by atoms with Crippen molar-refractivity contribution in [1.82, 2.24) is 14.4 Å². The molecule has 1 amide bonds. The molecule has 3 aromatic rings. The summed E-state index contributed by atoms with van der Waals surface area (Å²) < 4.78 is 7.94. The van der Waals surface area contributed by atoms with E-state index in [1.165, 1.54) is 0 Å². The highest BCUT2D eigenvalue weighted by atomic mass is 16.5. The molecule has 1 aromatic carbocycles. The summed E-state index contributed by atoms with van der Waals surface area (Å²) >= 11 is 0. The van der Waals surface area contributed by atoms with E-state index < -0.39 is 0 Å². The number of carbonyl (C=O) groups excluding carboxylic acids is 1. The van der Waals surface area contributed by atoms with Gasteiger partial charge in [-0.15, -0.1) is 0 Å². The van der Waals surface area contributed by atoms with Crippen molar-refractivity contribution in [2.75, 3.05) is 12.3 Å². The number of imidazole rings is 1. The van der Waals surface area contributed by atoms with Crippen molar-refractivity contribution in [3.05, 3.63) is 42.5 Å². The molecule has 1 saturated carbocycles. The summed E-state index contributed by atoms with van der Waals surface area (Å²) in [4.78, 5) is 20.9. The third-order valence-corrected chi connectivity index (χ3v) is 5.98. The minimum absolute atomic E-state index is 0.0318. The first-order chi connectivity index (χ1) is 14.6. The fourth-order valence-corrected chi connectivity index (χ4v) is 4.28. The number of carbonyl (C=O) groups is 1. The second kappa shape index (κ2) is 8.73. The number of hydrogen-bond acceptors (Lipinski definition) is 5. The van der Waals surface area contributed by atoms with Crippen molar-refractivity contribution in [3.63, 3.8) is 0 Å². The van der Waals surface area contributed by atoms with E-state index in [1.54, 1.807) is 6.20 Å². The monoisotopic (exact) mass is 407 g/mol. The van der Waals surface area contributed by atoms with Crippen LogP contribution in [0.2, 0.25) is 0 Å². The minimum Gasteiger partial charge on any atom is -0.494 e. The zero-order valence-electron chi connectivity index (χ0n) is 17.4. The normalized spacial score (nSPS) is 19.1. The lowest BCUT2D eigenvalue weighted by Gasteiger charge is -2.25. The summed E-state index contributed by atoms with van der Waals surface area (Å²) in [5, 5.41) is 0. The minimum atomic E-state index is -0.199. The number of hydrogen-bond donors (Lipinski definition) is 2. The molecule has 7 nitrogen and oxygen atoms in total. The average Bonchev–Trinajstić information content (AvgIpc) is 3.15. The van der Waals surface area contributed by atoms with E-state index in [1.807, 2.05) is 30.5 Å². The predicted octanol–water partition coefficient (Wildman–Crippen LogP) is 3.92. The molecule has 0 bridgehead atoms. The Bertz CT molecular complexity index is 1040. The van der Waals surface area contributed by atoms with Crippen LogP contribution >= 0.6 is 0 Å². The summed E-state index contributed by atoms with van der Waals surface area (Å²) in [6.45, 7) is 2.84. The van der Waals surface area contributed by atoms with Gasteiger partial charge in [-0.25, -0.2) is 9.97 Å². The zero-order chi connectivity index (χ0) is 21.1. The Balaban J connectivity index is 1.70. The van der Waals surface area contributed by atoms with Gasteiger partial charge in [0.25, 0.3) is 0 Å². The maximum Gasteiger partial charge on any atom is 0.220 e. The summed E-state index contributed by atoms with van der Waals surface area (Å²) in [5.41, 5.74) is 14.4. The van der Waals surface area contributed by atoms with Crippen LogP contribution in [0.25, 0.3) is 16.8 Å². The van der Waals surface area contributed by atoms with Crippen LogP contribution in [0.1, 0.15) is 57.2 Å². The molecule has 1 aliphatic carbocycles. The number of benzene rings is 1. The van der Waals surface area contributed by atoms with Crippen molar-refractivity contribution in [1.29, 1.82) is 0 Å².